The maximum atomic E-state index is 12.8. The van der Waals surface area contributed by atoms with Crippen LogP contribution in [0.4, 0.5) is 0 Å². The molecule has 0 aliphatic rings. The highest BCUT2D eigenvalue weighted by molar-refractivity contribution is 5.71. The minimum Gasteiger partial charge on any atom is -0.462 e. The molecule has 0 aromatic carbocycles. The van der Waals surface area contributed by atoms with Crippen molar-refractivity contribution in [3.05, 3.63) is 60.8 Å². The molecule has 0 spiro atoms. The van der Waals surface area contributed by atoms with E-state index < -0.39 is 6.10 Å². The van der Waals surface area contributed by atoms with Crippen LogP contribution in [0.25, 0.3) is 0 Å². The Balaban J connectivity index is 4.19. The normalized spacial score (nSPS) is 12.5. The number of allylic oxidation sites excluding steroid dienone is 10. The van der Waals surface area contributed by atoms with Gasteiger partial charge in [-0.3, -0.25) is 14.4 Å². The molecule has 6 nitrogen and oxygen atoms in total. The zero-order valence-electron chi connectivity index (χ0n) is 43.7. The van der Waals surface area contributed by atoms with Gasteiger partial charge in [0.1, 0.15) is 13.2 Å². The standard InChI is InChI=1S/C60H106O6/c1-4-7-10-13-16-18-20-22-24-26-27-28-29-30-31-32-33-34-36-37-39-41-44-47-50-53-59(62)65-56-57(55-64-58(61)52-49-46-43-15-12-9-6-3)66-60(63)54-51-48-45-42-40-38-35-25-23-21-19-17-14-11-8-5-2/h19-22,25-27,29-30,35,57H,4-18,23-24,28,31-34,36-56H2,1-3H3/b21-19-,22-20-,27-26-,30-29-,35-25-. The molecule has 0 fully saturated rings. The summed E-state index contributed by atoms with van der Waals surface area (Å²) in [4.78, 5) is 37.9. The molecule has 1 unspecified atom stereocenters. The average molecular weight is 924 g/mol. The molecule has 1 atom stereocenters. The van der Waals surface area contributed by atoms with Crippen molar-refractivity contribution in [2.75, 3.05) is 13.2 Å². The number of carbonyl (C=O) groups excluding carboxylic acids is 3. The Morgan fingerprint density at radius 2 is 0.545 bits per heavy atom. The lowest BCUT2D eigenvalue weighted by Gasteiger charge is -2.18. The second-order valence-electron chi connectivity index (χ2n) is 18.8. The van der Waals surface area contributed by atoms with Gasteiger partial charge < -0.3 is 14.2 Å². The third-order valence-corrected chi connectivity index (χ3v) is 12.2. The summed E-state index contributed by atoms with van der Waals surface area (Å²) < 4.78 is 16.8. The van der Waals surface area contributed by atoms with Crippen molar-refractivity contribution < 1.29 is 28.6 Å². The largest absolute Gasteiger partial charge is 0.462 e. The van der Waals surface area contributed by atoms with Gasteiger partial charge in [0, 0.05) is 19.3 Å². The first-order valence-electron chi connectivity index (χ1n) is 28.3. The number of carbonyl (C=O) groups is 3. The van der Waals surface area contributed by atoms with E-state index in [1.54, 1.807) is 0 Å². The molecule has 0 bridgehead atoms. The Morgan fingerprint density at radius 3 is 0.864 bits per heavy atom. The molecule has 0 amide bonds. The second kappa shape index (κ2) is 54.7. The molecule has 0 aliphatic heterocycles. The number of esters is 3. The molecular formula is C60H106O6. The molecule has 0 aliphatic carbocycles. The first-order valence-corrected chi connectivity index (χ1v) is 28.3. The highest BCUT2D eigenvalue weighted by Crippen LogP contribution is 2.15. The van der Waals surface area contributed by atoms with Gasteiger partial charge in [0.15, 0.2) is 6.10 Å². The minimum absolute atomic E-state index is 0.0800. The quantitative estimate of drug-likeness (QED) is 0.0262. The lowest BCUT2D eigenvalue weighted by atomic mass is 10.1. The van der Waals surface area contributed by atoms with Crippen LogP contribution in [0.3, 0.4) is 0 Å². The number of hydrogen-bond acceptors (Lipinski definition) is 6. The van der Waals surface area contributed by atoms with Crippen molar-refractivity contribution in [1.82, 2.24) is 0 Å². The molecule has 382 valence electrons. The zero-order chi connectivity index (χ0) is 47.9. The van der Waals surface area contributed by atoms with Crippen molar-refractivity contribution >= 4 is 17.9 Å². The van der Waals surface area contributed by atoms with Gasteiger partial charge in [-0.05, 0) is 89.9 Å². The second-order valence-corrected chi connectivity index (χ2v) is 18.8. The van der Waals surface area contributed by atoms with Gasteiger partial charge in [0.25, 0.3) is 0 Å². The van der Waals surface area contributed by atoms with Crippen LogP contribution < -0.4 is 0 Å². The van der Waals surface area contributed by atoms with Crippen LogP contribution in [0, 0.1) is 0 Å². The van der Waals surface area contributed by atoms with Gasteiger partial charge >= 0.3 is 17.9 Å². The Morgan fingerprint density at radius 1 is 0.303 bits per heavy atom. The van der Waals surface area contributed by atoms with E-state index >= 15 is 0 Å². The summed E-state index contributed by atoms with van der Waals surface area (Å²) in [6, 6.07) is 0. The molecule has 0 radical (unpaired) electrons. The number of unbranched alkanes of at least 4 members (excludes halogenated alkanes) is 30. The van der Waals surface area contributed by atoms with Crippen LogP contribution in [0.1, 0.15) is 284 Å². The van der Waals surface area contributed by atoms with E-state index in [0.29, 0.717) is 19.3 Å². The molecule has 0 aromatic rings. The monoisotopic (exact) mass is 923 g/mol. The molecule has 0 saturated carbocycles. The fraction of sp³-hybridized carbons (Fsp3) is 0.783. The highest BCUT2D eigenvalue weighted by Gasteiger charge is 2.19. The molecule has 0 rings (SSSR count). The fourth-order valence-corrected chi connectivity index (χ4v) is 7.95. The van der Waals surface area contributed by atoms with Crippen LogP contribution in [0.5, 0.6) is 0 Å². The molecule has 6 heteroatoms. The highest BCUT2D eigenvalue weighted by atomic mass is 16.6. The maximum absolute atomic E-state index is 12.8. The smallest absolute Gasteiger partial charge is 0.306 e. The van der Waals surface area contributed by atoms with E-state index in [0.717, 1.165) is 96.3 Å². The minimum atomic E-state index is -0.780. The van der Waals surface area contributed by atoms with Crippen molar-refractivity contribution in [3.8, 4) is 0 Å². The van der Waals surface area contributed by atoms with Crippen LogP contribution in [-0.2, 0) is 28.6 Å². The van der Waals surface area contributed by atoms with Crippen LogP contribution in [0.2, 0.25) is 0 Å². The van der Waals surface area contributed by atoms with Crippen LogP contribution in [-0.4, -0.2) is 37.2 Å². The van der Waals surface area contributed by atoms with Gasteiger partial charge in [-0.2, -0.15) is 0 Å². The first kappa shape index (κ1) is 63.1. The van der Waals surface area contributed by atoms with Crippen molar-refractivity contribution in [3.63, 3.8) is 0 Å². The summed E-state index contributed by atoms with van der Waals surface area (Å²) in [6.45, 7) is 6.57. The third kappa shape index (κ3) is 52.1. The lowest BCUT2D eigenvalue weighted by molar-refractivity contribution is -0.167. The predicted octanol–water partition coefficient (Wildman–Crippen LogP) is 18.8. The molecule has 0 N–H and O–H groups in total. The van der Waals surface area contributed by atoms with E-state index in [1.165, 1.54) is 148 Å². The maximum Gasteiger partial charge on any atom is 0.306 e. The molecule has 0 heterocycles. The van der Waals surface area contributed by atoms with Crippen molar-refractivity contribution in [2.45, 2.75) is 290 Å². The average Bonchev–Trinajstić information content (AvgIpc) is 3.31. The van der Waals surface area contributed by atoms with E-state index in [-0.39, 0.29) is 31.1 Å². The summed E-state index contributed by atoms with van der Waals surface area (Å²) >= 11 is 0. The molecule has 0 aromatic heterocycles. The van der Waals surface area contributed by atoms with Gasteiger partial charge in [0.2, 0.25) is 0 Å². The number of hydrogen-bond donors (Lipinski definition) is 0. The van der Waals surface area contributed by atoms with Crippen LogP contribution >= 0.6 is 0 Å². The van der Waals surface area contributed by atoms with Gasteiger partial charge in [0.05, 0.1) is 0 Å². The van der Waals surface area contributed by atoms with E-state index in [4.69, 9.17) is 14.2 Å². The lowest BCUT2D eigenvalue weighted by Crippen LogP contribution is -2.30. The molecule has 0 saturated heterocycles. The Bertz CT molecular complexity index is 1200. The van der Waals surface area contributed by atoms with E-state index in [2.05, 4.69) is 81.5 Å². The third-order valence-electron chi connectivity index (χ3n) is 12.2. The summed E-state index contributed by atoms with van der Waals surface area (Å²) in [7, 11) is 0. The summed E-state index contributed by atoms with van der Waals surface area (Å²) in [5, 5.41) is 0. The predicted molar refractivity (Wildman–Crippen MR) is 284 cm³/mol. The topological polar surface area (TPSA) is 78.9 Å². The van der Waals surface area contributed by atoms with E-state index in [1.807, 2.05) is 0 Å². The number of ether oxygens (including phenoxy) is 3. The zero-order valence-corrected chi connectivity index (χ0v) is 43.7. The Labute approximate surface area is 409 Å². The fourth-order valence-electron chi connectivity index (χ4n) is 7.95. The summed E-state index contributed by atoms with van der Waals surface area (Å²) in [5.74, 6) is -0.897. The van der Waals surface area contributed by atoms with Crippen molar-refractivity contribution in [2.24, 2.45) is 0 Å². The SMILES string of the molecule is CCCCCC/C=C\C/C=C\CCCCCCCC(=O)OC(COC(=O)CCCCCCCCC)COC(=O)CCCCCCCCCCCC/C=C\C/C=C\C/C=C\CCCCCCC. The Kier molecular flexibility index (Phi) is 52.3. The van der Waals surface area contributed by atoms with Gasteiger partial charge in [-0.1, -0.05) is 236 Å². The first-order chi connectivity index (χ1) is 32.5. The summed E-state index contributed by atoms with van der Waals surface area (Å²) in [6.07, 6.45) is 68.0. The summed E-state index contributed by atoms with van der Waals surface area (Å²) in [5.41, 5.74) is 0. The Hall–Kier alpha value is -2.89. The molecular weight excluding hydrogens is 817 g/mol. The van der Waals surface area contributed by atoms with Crippen LogP contribution in [0.15, 0.2) is 60.8 Å². The van der Waals surface area contributed by atoms with Gasteiger partial charge in [-0.25, -0.2) is 0 Å². The van der Waals surface area contributed by atoms with E-state index in [9.17, 15) is 14.4 Å². The number of rotatable bonds is 51. The van der Waals surface area contributed by atoms with Gasteiger partial charge in [-0.15, -0.1) is 0 Å². The molecule has 66 heavy (non-hydrogen) atoms. The van der Waals surface area contributed by atoms with Crippen molar-refractivity contribution in [1.29, 1.82) is 0 Å².